The predicted molar refractivity (Wildman–Crippen MR) is 91.8 cm³/mol. The van der Waals surface area contributed by atoms with Crippen LogP contribution >= 0.6 is 11.6 Å². The molecule has 0 saturated carbocycles. The number of anilines is 1. The van der Waals surface area contributed by atoms with Crippen LogP contribution in [0.15, 0.2) is 78.0 Å². The summed E-state index contributed by atoms with van der Waals surface area (Å²) >= 11 is 6.18. The van der Waals surface area contributed by atoms with Crippen LogP contribution in [0, 0.1) is 0 Å². The zero-order valence-electron chi connectivity index (χ0n) is 11.8. The molecule has 0 radical (unpaired) electrons. The first-order valence-corrected chi connectivity index (χ1v) is 7.22. The lowest BCUT2D eigenvalue weighted by Crippen LogP contribution is -2.06. The number of halogens is 1. The first kappa shape index (κ1) is 14.3. The number of nitrogen functional groups attached to an aromatic ring is 1. The molecule has 0 spiro atoms. The Balaban J connectivity index is 2.21. The van der Waals surface area contributed by atoms with Crippen LogP contribution in [0.3, 0.4) is 0 Å². The summed E-state index contributed by atoms with van der Waals surface area (Å²) in [5.74, 6) is 0. The lowest BCUT2D eigenvalue weighted by Gasteiger charge is -2.10. The molecular formula is C18H14ClN3. The minimum Gasteiger partial charge on any atom is -0.398 e. The molecule has 1 aromatic heterocycles. The summed E-state index contributed by atoms with van der Waals surface area (Å²) in [5, 5.41) is 0.505. The molecule has 0 aliphatic rings. The summed E-state index contributed by atoms with van der Waals surface area (Å²) < 4.78 is 0. The van der Waals surface area contributed by atoms with Crippen molar-refractivity contribution in [1.29, 1.82) is 0 Å². The monoisotopic (exact) mass is 307 g/mol. The first-order chi connectivity index (χ1) is 10.8. The molecule has 0 fully saturated rings. The Kier molecular flexibility index (Phi) is 4.17. The summed E-state index contributed by atoms with van der Waals surface area (Å²) in [6.07, 6.45) is 3.25. The van der Waals surface area contributed by atoms with Crippen molar-refractivity contribution in [2.24, 2.45) is 4.99 Å². The summed E-state index contributed by atoms with van der Waals surface area (Å²) in [5.41, 5.74) is 10.1. The van der Waals surface area contributed by atoms with E-state index in [1.165, 1.54) is 0 Å². The van der Waals surface area contributed by atoms with Crippen LogP contribution in [-0.4, -0.2) is 10.7 Å². The molecule has 2 N–H and O–H groups in total. The minimum absolute atomic E-state index is 0.505. The molecule has 4 heteroatoms. The van der Waals surface area contributed by atoms with Gasteiger partial charge in [-0.2, -0.15) is 0 Å². The lowest BCUT2D eigenvalue weighted by molar-refractivity contribution is 1.31. The molecule has 0 aliphatic carbocycles. The molecule has 3 rings (SSSR count). The largest absolute Gasteiger partial charge is 0.398 e. The number of pyridine rings is 1. The fourth-order valence-electron chi connectivity index (χ4n) is 2.17. The van der Waals surface area contributed by atoms with Crippen LogP contribution < -0.4 is 5.73 Å². The number of rotatable bonds is 3. The van der Waals surface area contributed by atoms with E-state index in [-0.39, 0.29) is 0 Å². The third-order valence-electron chi connectivity index (χ3n) is 3.25. The molecule has 0 bridgehead atoms. The first-order valence-electron chi connectivity index (χ1n) is 6.84. The fraction of sp³-hybridized carbons (Fsp3) is 0. The number of nitrogens with two attached hydrogens (primary N) is 1. The number of hydrogen-bond donors (Lipinski definition) is 1. The molecule has 1 heterocycles. The van der Waals surface area contributed by atoms with Crippen molar-refractivity contribution < 1.29 is 0 Å². The average molecular weight is 308 g/mol. The van der Waals surface area contributed by atoms with Crippen molar-refractivity contribution in [2.75, 3.05) is 5.73 Å². The normalized spacial score (nSPS) is 11.4. The van der Waals surface area contributed by atoms with Gasteiger partial charge in [-0.15, -0.1) is 0 Å². The highest BCUT2D eigenvalue weighted by molar-refractivity contribution is 6.33. The number of nitrogens with zero attached hydrogens (tertiary/aromatic N) is 2. The average Bonchev–Trinajstić information content (AvgIpc) is 2.56. The molecule has 108 valence electrons. The van der Waals surface area contributed by atoms with Gasteiger partial charge in [0, 0.05) is 29.2 Å². The third kappa shape index (κ3) is 3.00. The topological polar surface area (TPSA) is 51.3 Å². The summed E-state index contributed by atoms with van der Waals surface area (Å²) in [4.78, 5) is 8.71. The quantitative estimate of drug-likeness (QED) is 0.572. The molecular weight excluding hydrogens is 294 g/mol. The summed E-state index contributed by atoms with van der Waals surface area (Å²) in [6, 6.07) is 19.4. The second-order valence-corrected chi connectivity index (χ2v) is 5.15. The van der Waals surface area contributed by atoms with Crippen LogP contribution in [0.25, 0.3) is 0 Å². The van der Waals surface area contributed by atoms with Crippen molar-refractivity contribution in [1.82, 2.24) is 4.98 Å². The van der Waals surface area contributed by atoms with E-state index >= 15 is 0 Å². The number of aromatic nitrogens is 1. The van der Waals surface area contributed by atoms with E-state index in [9.17, 15) is 0 Å². The second-order valence-electron chi connectivity index (χ2n) is 4.74. The van der Waals surface area contributed by atoms with Gasteiger partial charge in [0.25, 0.3) is 0 Å². The van der Waals surface area contributed by atoms with Crippen molar-refractivity contribution in [3.8, 4) is 0 Å². The van der Waals surface area contributed by atoms with Crippen molar-refractivity contribution in [2.45, 2.75) is 0 Å². The van der Waals surface area contributed by atoms with E-state index in [2.05, 4.69) is 4.98 Å². The molecule has 0 saturated heterocycles. The van der Waals surface area contributed by atoms with Gasteiger partial charge < -0.3 is 5.73 Å². The molecule has 22 heavy (non-hydrogen) atoms. The minimum atomic E-state index is 0.505. The Morgan fingerprint density at radius 1 is 0.955 bits per heavy atom. The van der Waals surface area contributed by atoms with E-state index in [0.717, 1.165) is 16.8 Å². The van der Waals surface area contributed by atoms with Crippen LogP contribution in [0.4, 0.5) is 11.4 Å². The van der Waals surface area contributed by atoms with Crippen molar-refractivity contribution in [3.63, 3.8) is 0 Å². The highest BCUT2D eigenvalue weighted by Crippen LogP contribution is 2.26. The SMILES string of the molecule is Nc1ccccc1/C(=N\c1ccncc1Cl)c1ccccc1. The van der Waals surface area contributed by atoms with Crippen LogP contribution in [-0.2, 0) is 0 Å². The van der Waals surface area contributed by atoms with E-state index in [0.29, 0.717) is 16.4 Å². The van der Waals surface area contributed by atoms with Gasteiger partial charge >= 0.3 is 0 Å². The molecule has 0 atom stereocenters. The van der Waals surface area contributed by atoms with Crippen LogP contribution in [0.2, 0.25) is 5.02 Å². The Hall–Kier alpha value is -2.65. The Morgan fingerprint density at radius 2 is 1.68 bits per heavy atom. The molecule has 2 aromatic carbocycles. The standard InChI is InChI=1S/C18H14ClN3/c19-15-12-21-11-10-17(15)22-18(13-6-2-1-3-7-13)14-8-4-5-9-16(14)20/h1-12H,20H2/b22-18-. The second kappa shape index (κ2) is 6.41. The van der Waals surface area contributed by atoms with Gasteiger partial charge in [-0.1, -0.05) is 60.1 Å². The Bertz CT molecular complexity index is 813. The van der Waals surface area contributed by atoms with E-state index in [1.807, 2.05) is 54.6 Å². The molecule has 0 aliphatic heterocycles. The molecule has 0 amide bonds. The van der Waals surface area contributed by atoms with Gasteiger partial charge in [0.2, 0.25) is 0 Å². The maximum atomic E-state index is 6.18. The molecule has 3 aromatic rings. The predicted octanol–water partition coefficient (Wildman–Crippen LogP) is 4.49. The maximum absolute atomic E-state index is 6.18. The smallest absolute Gasteiger partial charge is 0.0854 e. The Labute approximate surface area is 134 Å². The van der Waals surface area contributed by atoms with Gasteiger partial charge in [-0.05, 0) is 12.1 Å². The summed E-state index contributed by atoms with van der Waals surface area (Å²) in [6.45, 7) is 0. The lowest BCUT2D eigenvalue weighted by atomic mass is 10.0. The van der Waals surface area contributed by atoms with E-state index < -0.39 is 0 Å². The van der Waals surface area contributed by atoms with Gasteiger partial charge in [-0.25, -0.2) is 4.99 Å². The van der Waals surface area contributed by atoms with Crippen molar-refractivity contribution in [3.05, 3.63) is 89.2 Å². The molecule has 3 nitrogen and oxygen atoms in total. The highest BCUT2D eigenvalue weighted by Gasteiger charge is 2.11. The van der Waals surface area contributed by atoms with Gasteiger partial charge in [0.15, 0.2) is 0 Å². The zero-order chi connectivity index (χ0) is 15.4. The van der Waals surface area contributed by atoms with Crippen LogP contribution in [0.1, 0.15) is 11.1 Å². The molecule has 0 unspecified atom stereocenters. The number of aliphatic imine (C=N–C) groups is 1. The number of benzene rings is 2. The maximum Gasteiger partial charge on any atom is 0.0854 e. The van der Waals surface area contributed by atoms with Gasteiger partial charge in [0.1, 0.15) is 0 Å². The third-order valence-corrected chi connectivity index (χ3v) is 3.54. The van der Waals surface area contributed by atoms with E-state index in [1.54, 1.807) is 18.5 Å². The van der Waals surface area contributed by atoms with Crippen LogP contribution in [0.5, 0.6) is 0 Å². The van der Waals surface area contributed by atoms with Gasteiger partial charge in [-0.3, -0.25) is 4.98 Å². The van der Waals surface area contributed by atoms with Gasteiger partial charge in [0.05, 0.1) is 16.4 Å². The fourth-order valence-corrected chi connectivity index (χ4v) is 2.33. The Morgan fingerprint density at radius 3 is 2.41 bits per heavy atom. The number of hydrogen-bond acceptors (Lipinski definition) is 3. The zero-order valence-corrected chi connectivity index (χ0v) is 12.5. The number of para-hydroxylation sites is 1. The van der Waals surface area contributed by atoms with E-state index in [4.69, 9.17) is 22.3 Å². The highest BCUT2D eigenvalue weighted by atomic mass is 35.5. The van der Waals surface area contributed by atoms with Crippen molar-refractivity contribution >= 4 is 28.7 Å². The summed E-state index contributed by atoms with van der Waals surface area (Å²) in [7, 11) is 0.